The Balaban J connectivity index is 1.35. The molecule has 0 aliphatic heterocycles. The van der Waals surface area contributed by atoms with Gasteiger partial charge in [0.25, 0.3) is 5.91 Å². The number of carbonyl (C=O) groups is 2. The van der Waals surface area contributed by atoms with Gasteiger partial charge in [-0.15, -0.1) is 0 Å². The van der Waals surface area contributed by atoms with E-state index in [1.54, 1.807) is 30.1 Å². The lowest BCUT2D eigenvalue weighted by atomic mass is 9.84. The van der Waals surface area contributed by atoms with Gasteiger partial charge in [0.15, 0.2) is 5.82 Å². The third-order valence-electron chi connectivity index (χ3n) is 7.52. The largest absolute Gasteiger partial charge is 0.497 e. The molecule has 1 aliphatic carbocycles. The number of amides is 1. The van der Waals surface area contributed by atoms with Crippen molar-refractivity contribution in [2.24, 2.45) is 5.92 Å². The van der Waals surface area contributed by atoms with Crippen LogP contribution in [0.1, 0.15) is 54.9 Å². The number of ether oxygens (including phenoxy) is 3. The zero-order chi connectivity index (χ0) is 31.2. The summed E-state index contributed by atoms with van der Waals surface area (Å²) in [5.41, 5.74) is 1.65. The predicted molar refractivity (Wildman–Crippen MR) is 154 cm³/mol. The van der Waals surface area contributed by atoms with Crippen molar-refractivity contribution in [3.05, 3.63) is 65.9 Å². The average molecular weight is 612 g/mol. The van der Waals surface area contributed by atoms with Crippen molar-refractivity contribution in [1.82, 2.24) is 25.1 Å². The molecule has 1 saturated carbocycles. The Morgan fingerprint density at radius 3 is 2.45 bits per heavy atom. The minimum absolute atomic E-state index is 0.133. The number of hydrogen-bond acceptors (Lipinski definition) is 8. The average Bonchev–Trinajstić information content (AvgIpc) is 3.39. The molecular weight excluding hydrogens is 579 g/mol. The molecule has 4 aromatic rings. The Hall–Kier alpha value is -4.68. The van der Waals surface area contributed by atoms with Crippen LogP contribution >= 0.6 is 0 Å². The summed E-state index contributed by atoms with van der Waals surface area (Å²) in [4.78, 5) is 34.1. The first-order chi connectivity index (χ1) is 21.2. The van der Waals surface area contributed by atoms with Crippen LogP contribution in [0.4, 0.5) is 13.2 Å². The van der Waals surface area contributed by atoms with Crippen molar-refractivity contribution in [1.29, 1.82) is 0 Å². The standard InChI is InChI=1S/C31H32F3N5O5/c1-3-43-27(40)8-18-4-6-23(7-5-18)38-30(41)26-13-25(44-31(33)34)11-21-16-37-39(28(21)26)17-19-14-35-29(36-15-19)20-9-22(32)12-24(10-20)42-2/h9-16,18,23,31H,3-8,17H2,1-2H3,(H,38,41). The van der Waals surface area contributed by atoms with Gasteiger partial charge >= 0.3 is 12.6 Å². The van der Waals surface area contributed by atoms with Gasteiger partial charge in [0.05, 0.1) is 37.5 Å². The lowest BCUT2D eigenvalue weighted by Crippen LogP contribution is -2.38. The van der Waals surface area contributed by atoms with Crippen LogP contribution in [0.3, 0.4) is 0 Å². The molecule has 0 radical (unpaired) electrons. The van der Waals surface area contributed by atoms with Gasteiger partial charge in [-0.1, -0.05) is 0 Å². The Kier molecular flexibility index (Phi) is 9.61. The minimum atomic E-state index is -3.07. The molecule has 1 N–H and O–H groups in total. The summed E-state index contributed by atoms with van der Waals surface area (Å²) in [5.74, 6) is -0.495. The molecule has 10 nitrogen and oxygen atoms in total. The third-order valence-corrected chi connectivity index (χ3v) is 7.52. The van der Waals surface area contributed by atoms with E-state index in [0.717, 1.165) is 12.8 Å². The molecule has 2 heterocycles. The lowest BCUT2D eigenvalue weighted by molar-refractivity contribution is -0.144. The molecule has 0 spiro atoms. The van der Waals surface area contributed by atoms with Crippen LogP contribution in [-0.2, 0) is 16.1 Å². The van der Waals surface area contributed by atoms with Crippen LogP contribution in [0.25, 0.3) is 22.3 Å². The maximum Gasteiger partial charge on any atom is 0.387 e. The molecule has 44 heavy (non-hydrogen) atoms. The van der Waals surface area contributed by atoms with E-state index in [2.05, 4.69) is 25.1 Å². The monoisotopic (exact) mass is 611 g/mol. The molecule has 2 aromatic carbocycles. The summed E-state index contributed by atoms with van der Waals surface area (Å²) in [6, 6.07) is 6.72. The van der Waals surface area contributed by atoms with Crippen LogP contribution in [0.15, 0.2) is 48.9 Å². The zero-order valence-electron chi connectivity index (χ0n) is 24.3. The second-order valence-corrected chi connectivity index (χ2v) is 10.6. The highest BCUT2D eigenvalue weighted by Crippen LogP contribution is 2.30. The number of carbonyl (C=O) groups excluding carboxylic acids is 2. The van der Waals surface area contributed by atoms with Gasteiger partial charge < -0.3 is 19.5 Å². The van der Waals surface area contributed by atoms with Crippen molar-refractivity contribution in [3.63, 3.8) is 0 Å². The van der Waals surface area contributed by atoms with Gasteiger partial charge in [-0.3, -0.25) is 14.3 Å². The molecule has 1 amide bonds. The molecule has 0 bridgehead atoms. The summed E-state index contributed by atoms with van der Waals surface area (Å²) < 4.78 is 56.5. The van der Waals surface area contributed by atoms with E-state index in [1.165, 1.54) is 37.6 Å². The molecule has 0 saturated heterocycles. The second kappa shape index (κ2) is 13.7. The van der Waals surface area contributed by atoms with E-state index in [9.17, 15) is 22.8 Å². The molecule has 0 atom stereocenters. The number of hydrogen-bond donors (Lipinski definition) is 1. The molecule has 5 rings (SSSR count). The quantitative estimate of drug-likeness (QED) is 0.220. The molecule has 2 aromatic heterocycles. The fourth-order valence-corrected chi connectivity index (χ4v) is 5.47. The van der Waals surface area contributed by atoms with Crippen molar-refractivity contribution in [2.75, 3.05) is 13.7 Å². The van der Waals surface area contributed by atoms with Crippen LogP contribution < -0.4 is 14.8 Å². The number of rotatable bonds is 11. The van der Waals surface area contributed by atoms with Crippen molar-refractivity contribution in [3.8, 4) is 22.9 Å². The summed E-state index contributed by atoms with van der Waals surface area (Å²) in [7, 11) is 1.44. The number of fused-ring (bicyclic) bond motifs is 1. The summed E-state index contributed by atoms with van der Waals surface area (Å²) in [5, 5.41) is 7.86. The number of aromatic nitrogens is 4. The smallest absolute Gasteiger partial charge is 0.387 e. The van der Waals surface area contributed by atoms with Crippen LogP contribution in [0.2, 0.25) is 0 Å². The first-order valence-electron chi connectivity index (χ1n) is 14.3. The topological polar surface area (TPSA) is 117 Å². The third kappa shape index (κ3) is 7.44. The van der Waals surface area contributed by atoms with Gasteiger partial charge in [0, 0.05) is 47.4 Å². The highest BCUT2D eigenvalue weighted by atomic mass is 19.3. The van der Waals surface area contributed by atoms with Crippen LogP contribution in [-0.4, -0.2) is 58.0 Å². The highest BCUT2D eigenvalue weighted by Gasteiger charge is 2.26. The number of benzene rings is 2. The molecule has 1 fully saturated rings. The van der Waals surface area contributed by atoms with E-state index < -0.39 is 18.3 Å². The maximum absolute atomic E-state index is 14.0. The van der Waals surface area contributed by atoms with Gasteiger partial charge in [-0.2, -0.15) is 13.9 Å². The number of halogens is 3. The number of methoxy groups -OCH3 is 1. The van der Waals surface area contributed by atoms with Crippen molar-refractivity contribution < 1.29 is 37.0 Å². The van der Waals surface area contributed by atoms with Gasteiger partial charge in [-0.05, 0) is 62.8 Å². The fraction of sp³-hybridized carbons (Fsp3) is 0.387. The normalized spacial score (nSPS) is 16.6. The van der Waals surface area contributed by atoms with Crippen LogP contribution in [0, 0.1) is 11.7 Å². The van der Waals surface area contributed by atoms with Crippen LogP contribution in [0.5, 0.6) is 11.5 Å². The Bertz CT molecular complexity index is 1620. The summed E-state index contributed by atoms with van der Waals surface area (Å²) in [6.45, 7) is -0.788. The van der Waals surface area contributed by atoms with Gasteiger partial charge in [0.2, 0.25) is 0 Å². The van der Waals surface area contributed by atoms with E-state index in [-0.39, 0.29) is 35.8 Å². The first-order valence-corrected chi connectivity index (χ1v) is 14.3. The zero-order valence-corrected chi connectivity index (χ0v) is 24.3. The number of nitrogens with one attached hydrogen (secondary N) is 1. The molecule has 0 unspecified atom stereocenters. The van der Waals surface area contributed by atoms with E-state index in [4.69, 9.17) is 9.47 Å². The number of alkyl halides is 2. The SMILES string of the molecule is CCOC(=O)CC1CCC(NC(=O)c2cc(OC(F)F)cc3cnn(Cc4cnc(-c5cc(F)cc(OC)c5)nc4)c23)CC1. The molecular formula is C31H32F3N5O5. The minimum Gasteiger partial charge on any atom is -0.497 e. The fourth-order valence-electron chi connectivity index (χ4n) is 5.47. The van der Waals surface area contributed by atoms with E-state index in [1.807, 2.05) is 0 Å². The first kappa shape index (κ1) is 30.8. The Labute approximate surface area is 251 Å². The summed E-state index contributed by atoms with van der Waals surface area (Å²) >= 11 is 0. The number of nitrogens with zero attached hydrogens (tertiary/aromatic N) is 4. The lowest BCUT2D eigenvalue weighted by Gasteiger charge is -2.28. The van der Waals surface area contributed by atoms with E-state index >= 15 is 0 Å². The van der Waals surface area contributed by atoms with E-state index in [0.29, 0.717) is 59.5 Å². The van der Waals surface area contributed by atoms with Gasteiger partial charge in [-0.25, -0.2) is 14.4 Å². The van der Waals surface area contributed by atoms with Gasteiger partial charge in [0.1, 0.15) is 17.3 Å². The van der Waals surface area contributed by atoms with Crippen molar-refractivity contribution in [2.45, 2.75) is 58.2 Å². The van der Waals surface area contributed by atoms with Crippen molar-refractivity contribution >= 4 is 22.8 Å². The molecule has 13 heteroatoms. The second-order valence-electron chi connectivity index (χ2n) is 10.6. The summed E-state index contributed by atoms with van der Waals surface area (Å²) in [6.07, 6.45) is 7.81. The number of esters is 1. The Morgan fingerprint density at radius 1 is 1.02 bits per heavy atom. The highest BCUT2D eigenvalue weighted by molar-refractivity contribution is 6.06. The Morgan fingerprint density at radius 2 is 1.77 bits per heavy atom. The predicted octanol–water partition coefficient (Wildman–Crippen LogP) is 5.53. The maximum atomic E-state index is 14.0. The molecule has 232 valence electrons. The molecule has 1 aliphatic rings.